The summed E-state index contributed by atoms with van der Waals surface area (Å²) in [6.07, 6.45) is -0.00644. The van der Waals surface area contributed by atoms with Gasteiger partial charge in [0.25, 0.3) is 5.56 Å². The molecule has 1 aliphatic carbocycles. The Kier molecular flexibility index (Phi) is 3.50. The van der Waals surface area contributed by atoms with E-state index in [1.165, 1.54) is 0 Å². The summed E-state index contributed by atoms with van der Waals surface area (Å²) in [5.74, 6) is -0.856. The van der Waals surface area contributed by atoms with Crippen LogP contribution in [0.4, 0.5) is 18.9 Å². The summed E-state index contributed by atoms with van der Waals surface area (Å²) in [5.41, 5.74) is -1.30. The number of H-pyrrole nitrogens is 1. The highest BCUT2D eigenvalue weighted by Crippen LogP contribution is 2.47. The van der Waals surface area contributed by atoms with Crippen molar-refractivity contribution in [2.45, 2.75) is 18.5 Å². The van der Waals surface area contributed by atoms with Crippen molar-refractivity contribution < 1.29 is 18.0 Å². The minimum atomic E-state index is -4.60. The molecule has 2 heterocycles. The SMILES string of the molecule is Cn1cc(C2CC2C(=O)Nc2cc(C(F)(F)F)c[nH]c2=O)cn1. The Bertz CT molecular complexity index is 809. The first-order valence-electron chi connectivity index (χ1n) is 6.85. The van der Waals surface area contributed by atoms with E-state index < -0.39 is 28.9 Å². The Morgan fingerprint density at radius 1 is 1.48 bits per heavy atom. The van der Waals surface area contributed by atoms with Crippen LogP contribution in [0.5, 0.6) is 0 Å². The summed E-state index contributed by atoms with van der Waals surface area (Å²) >= 11 is 0. The number of rotatable bonds is 3. The van der Waals surface area contributed by atoms with Crippen molar-refractivity contribution in [3.63, 3.8) is 0 Å². The molecule has 1 amide bonds. The number of carbonyl (C=O) groups excluding carboxylic acids is 1. The second-order valence-corrected chi connectivity index (χ2v) is 5.51. The Morgan fingerprint density at radius 2 is 2.22 bits per heavy atom. The van der Waals surface area contributed by atoms with E-state index in [4.69, 9.17) is 0 Å². The summed E-state index contributed by atoms with van der Waals surface area (Å²) < 4.78 is 39.6. The molecule has 0 aromatic carbocycles. The van der Waals surface area contributed by atoms with E-state index in [-0.39, 0.29) is 11.8 Å². The third-order valence-corrected chi connectivity index (χ3v) is 3.77. The van der Waals surface area contributed by atoms with Gasteiger partial charge in [-0.3, -0.25) is 14.3 Å². The number of aromatic nitrogens is 3. The van der Waals surface area contributed by atoms with Crippen LogP contribution in [0.25, 0.3) is 0 Å². The van der Waals surface area contributed by atoms with Gasteiger partial charge < -0.3 is 10.3 Å². The van der Waals surface area contributed by atoms with Gasteiger partial charge in [0.15, 0.2) is 0 Å². The Labute approximate surface area is 128 Å². The Balaban J connectivity index is 1.73. The molecule has 1 fully saturated rings. The number of anilines is 1. The van der Waals surface area contributed by atoms with Crippen LogP contribution in [0, 0.1) is 5.92 Å². The average Bonchev–Trinajstić information content (AvgIpc) is 3.15. The van der Waals surface area contributed by atoms with Crippen LogP contribution in [0.2, 0.25) is 0 Å². The highest BCUT2D eigenvalue weighted by atomic mass is 19.4. The van der Waals surface area contributed by atoms with Crippen LogP contribution in [-0.2, 0) is 18.0 Å². The standard InChI is InChI=1S/C14H13F3N4O2/c1-21-6-7(4-19-21)9-3-10(9)12(22)20-11-2-8(14(15,16)17)5-18-13(11)23/h2,4-6,9-10H,3H2,1H3,(H,18,23)(H,20,22). The summed E-state index contributed by atoms with van der Waals surface area (Å²) in [7, 11) is 1.75. The summed E-state index contributed by atoms with van der Waals surface area (Å²) in [6, 6.07) is 0.637. The predicted octanol–water partition coefficient (Wildman–Crippen LogP) is 1.87. The van der Waals surface area contributed by atoms with E-state index in [1.807, 2.05) is 4.98 Å². The molecule has 2 aromatic rings. The normalized spacial score (nSPS) is 20.3. The molecule has 1 aliphatic rings. The number of carbonyl (C=O) groups is 1. The second kappa shape index (κ2) is 5.25. The zero-order valence-electron chi connectivity index (χ0n) is 12.0. The largest absolute Gasteiger partial charge is 0.417 e. The fourth-order valence-corrected chi connectivity index (χ4v) is 2.45. The van der Waals surface area contributed by atoms with E-state index >= 15 is 0 Å². The van der Waals surface area contributed by atoms with Crippen LogP contribution in [-0.4, -0.2) is 20.7 Å². The molecule has 23 heavy (non-hydrogen) atoms. The summed E-state index contributed by atoms with van der Waals surface area (Å²) in [5, 5.41) is 6.29. The van der Waals surface area contributed by atoms with Gasteiger partial charge in [0.1, 0.15) is 5.69 Å². The number of hydrogen-bond acceptors (Lipinski definition) is 3. The molecule has 1 saturated carbocycles. The van der Waals surface area contributed by atoms with Crippen LogP contribution < -0.4 is 10.9 Å². The first kappa shape index (κ1) is 15.3. The first-order chi connectivity index (χ1) is 10.8. The number of aromatic amines is 1. The van der Waals surface area contributed by atoms with Crippen LogP contribution in [0.15, 0.2) is 29.5 Å². The van der Waals surface area contributed by atoms with Gasteiger partial charge in [0.05, 0.1) is 11.8 Å². The molecule has 0 spiro atoms. The van der Waals surface area contributed by atoms with Gasteiger partial charge in [-0.05, 0) is 24.0 Å². The Hall–Kier alpha value is -2.58. The van der Waals surface area contributed by atoms with Gasteiger partial charge >= 0.3 is 6.18 Å². The maximum atomic E-state index is 12.6. The topological polar surface area (TPSA) is 79.8 Å². The minimum Gasteiger partial charge on any atom is -0.327 e. The van der Waals surface area contributed by atoms with Gasteiger partial charge in [-0.1, -0.05) is 0 Å². The van der Waals surface area contributed by atoms with E-state index in [2.05, 4.69) is 10.4 Å². The lowest BCUT2D eigenvalue weighted by atomic mass is 10.2. The monoisotopic (exact) mass is 326 g/mol. The molecule has 2 N–H and O–H groups in total. The van der Waals surface area contributed by atoms with Gasteiger partial charge in [0.2, 0.25) is 5.91 Å². The molecule has 0 radical (unpaired) electrons. The smallest absolute Gasteiger partial charge is 0.327 e. The molecule has 2 aromatic heterocycles. The lowest BCUT2D eigenvalue weighted by molar-refractivity contribution is -0.137. The van der Waals surface area contributed by atoms with Crippen molar-refractivity contribution >= 4 is 11.6 Å². The predicted molar refractivity (Wildman–Crippen MR) is 74.8 cm³/mol. The van der Waals surface area contributed by atoms with Crippen LogP contribution in [0.1, 0.15) is 23.5 Å². The highest BCUT2D eigenvalue weighted by Gasteiger charge is 2.44. The van der Waals surface area contributed by atoms with Crippen molar-refractivity contribution in [1.82, 2.24) is 14.8 Å². The number of pyridine rings is 1. The number of amides is 1. The van der Waals surface area contributed by atoms with Crippen LogP contribution >= 0.6 is 0 Å². The van der Waals surface area contributed by atoms with Crippen LogP contribution in [0.3, 0.4) is 0 Å². The number of aryl methyl sites for hydroxylation is 1. The van der Waals surface area contributed by atoms with E-state index in [9.17, 15) is 22.8 Å². The van der Waals surface area contributed by atoms with E-state index in [0.717, 1.165) is 5.56 Å². The van der Waals surface area contributed by atoms with E-state index in [1.54, 1.807) is 24.1 Å². The molecule has 3 rings (SSSR count). The number of hydrogen-bond donors (Lipinski definition) is 2. The second-order valence-electron chi connectivity index (χ2n) is 5.51. The fraction of sp³-hybridized carbons (Fsp3) is 0.357. The molecule has 122 valence electrons. The molecule has 0 saturated heterocycles. The molecule has 9 heteroatoms. The maximum Gasteiger partial charge on any atom is 0.417 e. The molecule has 6 nitrogen and oxygen atoms in total. The molecular weight excluding hydrogens is 313 g/mol. The van der Waals surface area contributed by atoms with Gasteiger partial charge in [-0.15, -0.1) is 0 Å². The van der Waals surface area contributed by atoms with Crippen molar-refractivity contribution in [2.75, 3.05) is 5.32 Å². The lowest BCUT2D eigenvalue weighted by Gasteiger charge is -2.09. The fourth-order valence-electron chi connectivity index (χ4n) is 2.45. The summed E-state index contributed by atoms with van der Waals surface area (Å²) in [4.78, 5) is 25.7. The van der Waals surface area contributed by atoms with Gasteiger partial charge in [-0.2, -0.15) is 18.3 Å². The lowest BCUT2D eigenvalue weighted by Crippen LogP contribution is -2.22. The molecule has 2 atom stereocenters. The van der Waals surface area contributed by atoms with Gasteiger partial charge in [-0.25, -0.2) is 0 Å². The quantitative estimate of drug-likeness (QED) is 0.904. The number of halogens is 3. The first-order valence-corrected chi connectivity index (χ1v) is 6.85. The zero-order valence-corrected chi connectivity index (χ0v) is 12.0. The third-order valence-electron chi connectivity index (χ3n) is 3.77. The third kappa shape index (κ3) is 3.13. The van der Waals surface area contributed by atoms with Crippen molar-refractivity contribution in [3.05, 3.63) is 46.1 Å². The number of alkyl halides is 3. The highest BCUT2D eigenvalue weighted by molar-refractivity contribution is 5.95. The number of nitrogens with one attached hydrogen (secondary N) is 2. The Morgan fingerprint density at radius 3 is 2.83 bits per heavy atom. The van der Waals surface area contributed by atoms with Crippen molar-refractivity contribution in [3.8, 4) is 0 Å². The molecule has 0 aliphatic heterocycles. The van der Waals surface area contributed by atoms with Gasteiger partial charge in [0, 0.05) is 25.4 Å². The molecule has 2 unspecified atom stereocenters. The zero-order chi connectivity index (χ0) is 16.8. The molecular formula is C14H13F3N4O2. The molecule has 0 bridgehead atoms. The minimum absolute atomic E-state index is 0.0198. The van der Waals surface area contributed by atoms with Crippen molar-refractivity contribution in [2.24, 2.45) is 13.0 Å². The summed E-state index contributed by atoms with van der Waals surface area (Å²) in [6.45, 7) is 0. The maximum absolute atomic E-state index is 12.6. The average molecular weight is 326 g/mol. The van der Waals surface area contributed by atoms with Crippen molar-refractivity contribution in [1.29, 1.82) is 0 Å². The van der Waals surface area contributed by atoms with E-state index in [0.29, 0.717) is 18.7 Å². The number of nitrogens with zero attached hydrogens (tertiary/aromatic N) is 2.